The van der Waals surface area contributed by atoms with Crippen molar-refractivity contribution in [3.8, 4) is 0 Å². The number of aromatic nitrogens is 2. The molecular formula is C18H24N4S. The molecule has 0 aromatic carbocycles. The molecule has 0 radical (unpaired) electrons. The highest BCUT2D eigenvalue weighted by molar-refractivity contribution is 7.19. The zero-order chi connectivity index (χ0) is 15.7. The van der Waals surface area contributed by atoms with Crippen LogP contribution in [0.3, 0.4) is 0 Å². The summed E-state index contributed by atoms with van der Waals surface area (Å²) in [6.07, 6.45) is 6.78. The van der Waals surface area contributed by atoms with Crippen molar-refractivity contribution in [3.63, 3.8) is 0 Å². The predicted molar refractivity (Wildman–Crippen MR) is 95.1 cm³/mol. The van der Waals surface area contributed by atoms with Crippen LogP contribution in [0.25, 0.3) is 10.2 Å². The summed E-state index contributed by atoms with van der Waals surface area (Å²) >= 11 is 1.88. The highest BCUT2D eigenvalue weighted by Crippen LogP contribution is 2.56. The molecule has 3 fully saturated rings. The van der Waals surface area contributed by atoms with Crippen molar-refractivity contribution in [3.05, 3.63) is 16.8 Å². The van der Waals surface area contributed by atoms with E-state index >= 15 is 0 Å². The summed E-state index contributed by atoms with van der Waals surface area (Å²) in [5.41, 5.74) is 1.52. The molecule has 0 spiro atoms. The minimum atomic E-state index is 0.590. The van der Waals surface area contributed by atoms with Crippen molar-refractivity contribution in [2.24, 2.45) is 17.8 Å². The van der Waals surface area contributed by atoms with Gasteiger partial charge in [0.1, 0.15) is 17.0 Å². The van der Waals surface area contributed by atoms with E-state index in [1.165, 1.54) is 41.5 Å². The van der Waals surface area contributed by atoms with Gasteiger partial charge in [0.15, 0.2) is 0 Å². The fourth-order valence-corrected chi connectivity index (χ4v) is 6.65. The third-order valence-corrected chi connectivity index (χ3v) is 7.78. The number of nitrogens with one attached hydrogen (secondary N) is 1. The van der Waals surface area contributed by atoms with Gasteiger partial charge < -0.3 is 10.2 Å². The molecule has 3 saturated carbocycles. The SMILES string of the molecule is C[C@H]1C2C(Nc3ncnc4sc5c(c34)CCC5)[C@@H]1CC2N(C)C. The van der Waals surface area contributed by atoms with Gasteiger partial charge in [-0.15, -0.1) is 11.3 Å². The lowest BCUT2D eigenvalue weighted by molar-refractivity contribution is 0.115. The zero-order valence-electron chi connectivity index (χ0n) is 14.0. The van der Waals surface area contributed by atoms with Gasteiger partial charge in [-0.1, -0.05) is 6.92 Å². The topological polar surface area (TPSA) is 41.1 Å². The van der Waals surface area contributed by atoms with E-state index in [-0.39, 0.29) is 0 Å². The summed E-state index contributed by atoms with van der Waals surface area (Å²) in [6.45, 7) is 2.43. The second-order valence-electron chi connectivity index (χ2n) is 7.80. The van der Waals surface area contributed by atoms with Gasteiger partial charge in [-0.25, -0.2) is 9.97 Å². The first kappa shape index (κ1) is 14.2. The van der Waals surface area contributed by atoms with E-state index in [9.17, 15) is 0 Å². The number of thiophene rings is 1. The third-order valence-electron chi connectivity index (χ3n) is 6.58. The Balaban J connectivity index is 1.49. The number of fused-ring (bicyclic) bond motifs is 4. The van der Waals surface area contributed by atoms with Crippen LogP contribution in [0.5, 0.6) is 0 Å². The maximum atomic E-state index is 4.64. The Morgan fingerprint density at radius 3 is 2.91 bits per heavy atom. The molecule has 3 unspecified atom stereocenters. The molecule has 4 nitrogen and oxygen atoms in total. The minimum absolute atomic E-state index is 0.590. The summed E-state index contributed by atoms with van der Waals surface area (Å²) in [5.74, 6) is 3.49. The largest absolute Gasteiger partial charge is 0.366 e. The summed E-state index contributed by atoms with van der Waals surface area (Å²) in [5, 5.41) is 5.17. The van der Waals surface area contributed by atoms with Crippen LogP contribution in [-0.2, 0) is 12.8 Å². The zero-order valence-corrected chi connectivity index (χ0v) is 14.9. The molecule has 122 valence electrons. The Morgan fingerprint density at radius 1 is 1.26 bits per heavy atom. The average molecular weight is 328 g/mol. The molecular weight excluding hydrogens is 304 g/mol. The van der Waals surface area contributed by atoms with Crippen LogP contribution >= 0.6 is 11.3 Å². The Morgan fingerprint density at radius 2 is 2.13 bits per heavy atom. The molecule has 2 heterocycles. The van der Waals surface area contributed by atoms with Crippen molar-refractivity contribution in [2.45, 2.75) is 44.7 Å². The van der Waals surface area contributed by atoms with E-state index in [1.807, 2.05) is 11.3 Å². The Labute approximate surface area is 141 Å². The standard InChI is InChI=1S/C18H24N4S/c1-9-11-7-12(22(2)3)14(9)16(11)21-17-15-10-5-4-6-13(10)23-18(15)20-8-19-17/h8-9,11-12,14,16H,4-7H2,1-3H3,(H,19,20,21)/t9-,11-,12?,14?,16?/m1/s1. The highest BCUT2D eigenvalue weighted by Gasteiger charge is 2.59. The van der Waals surface area contributed by atoms with Gasteiger partial charge in [0.05, 0.1) is 5.39 Å². The third kappa shape index (κ3) is 1.86. The Hall–Kier alpha value is -1.20. The molecule has 2 aromatic heterocycles. The van der Waals surface area contributed by atoms with E-state index in [4.69, 9.17) is 0 Å². The Bertz CT molecular complexity index is 768. The quantitative estimate of drug-likeness (QED) is 0.939. The van der Waals surface area contributed by atoms with Crippen LogP contribution in [0.1, 0.15) is 30.2 Å². The monoisotopic (exact) mass is 328 g/mol. The molecule has 6 rings (SSSR count). The summed E-state index contributed by atoms with van der Waals surface area (Å²) in [6, 6.07) is 1.31. The van der Waals surface area contributed by atoms with Gasteiger partial charge >= 0.3 is 0 Å². The summed E-state index contributed by atoms with van der Waals surface area (Å²) in [7, 11) is 4.45. The number of hydrogen-bond donors (Lipinski definition) is 1. The van der Waals surface area contributed by atoms with Crippen molar-refractivity contribution in [1.82, 2.24) is 14.9 Å². The molecule has 0 amide bonds. The molecule has 0 saturated heterocycles. The van der Waals surface area contributed by atoms with Crippen molar-refractivity contribution in [1.29, 1.82) is 0 Å². The fourth-order valence-electron chi connectivity index (χ4n) is 5.42. The van der Waals surface area contributed by atoms with Gasteiger partial charge in [-0.05, 0) is 63.1 Å². The first-order chi connectivity index (χ1) is 11.1. The van der Waals surface area contributed by atoms with Crippen molar-refractivity contribution < 1.29 is 0 Å². The average Bonchev–Trinajstić information content (AvgIpc) is 3.24. The molecule has 4 aliphatic rings. The number of rotatable bonds is 3. The molecule has 5 heteroatoms. The van der Waals surface area contributed by atoms with Crippen LogP contribution < -0.4 is 5.32 Å². The molecule has 1 N–H and O–H groups in total. The first-order valence-electron chi connectivity index (χ1n) is 8.83. The van der Waals surface area contributed by atoms with Crippen LogP contribution in [0.2, 0.25) is 0 Å². The summed E-state index contributed by atoms with van der Waals surface area (Å²) < 4.78 is 0. The molecule has 2 aromatic rings. The van der Waals surface area contributed by atoms with Gasteiger partial charge in [0.2, 0.25) is 0 Å². The molecule has 5 atom stereocenters. The van der Waals surface area contributed by atoms with E-state index in [0.717, 1.165) is 29.6 Å². The van der Waals surface area contributed by atoms with Crippen LogP contribution in [0.15, 0.2) is 6.33 Å². The lowest BCUT2D eigenvalue weighted by Crippen LogP contribution is -2.51. The molecule has 23 heavy (non-hydrogen) atoms. The maximum absolute atomic E-state index is 4.64. The van der Waals surface area contributed by atoms with Crippen LogP contribution in [0.4, 0.5) is 5.82 Å². The maximum Gasteiger partial charge on any atom is 0.138 e. The van der Waals surface area contributed by atoms with Crippen molar-refractivity contribution >= 4 is 27.4 Å². The first-order valence-corrected chi connectivity index (χ1v) is 9.65. The number of nitrogens with zero attached hydrogens (tertiary/aromatic N) is 3. The Kier molecular flexibility index (Phi) is 3.02. The van der Waals surface area contributed by atoms with Crippen molar-refractivity contribution in [2.75, 3.05) is 19.4 Å². The second kappa shape index (κ2) is 4.90. The van der Waals surface area contributed by atoms with E-state index in [0.29, 0.717) is 6.04 Å². The molecule has 0 aliphatic heterocycles. The van der Waals surface area contributed by atoms with E-state index < -0.39 is 0 Å². The minimum Gasteiger partial charge on any atom is -0.366 e. The normalized spacial score (nSPS) is 34.9. The van der Waals surface area contributed by atoms with Gasteiger partial charge in [0, 0.05) is 17.0 Å². The highest BCUT2D eigenvalue weighted by atomic mass is 32.1. The number of hydrogen-bond acceptors (Lipinski definition) is 5. The lowest BCUT2D eigenvalue weighted by Gasteiger charge is -2.45. The van der Waals surface area contributed by atoms with Gasteiger partial charge in [0.25, 0.3) is 0 Å². The van der Waals surface area contributed by atoms with E-state index in [1.54, 1.807) is 11.2 Å². The second-order valence-corrected chi connectivity index (χ2v) is 8.88. The number of aryl methyl sites for hydroxylation is 2. The molecule has 2 bridgehead atoms. The molecule has 4 aliphatic carbocycles. The summed E-state index contributed by atoms with van der Waals surface area (Å²) in [4.78, 5) is 14.3. The van der Waals surface area contributed by atoms with Crippen LogP contribution in [0, 0.1) is 17.8 Å². The van der Waals surface area contributed by atoms with E-state index in [2.05, 4.69) is 41.2 Å². The smallest absolute Gasteiger partial charge is 0.138 e. The number of anilines is 1. The fraction of sp³-hybridized carbons (Fsp3) is 0.667. The predicted octanol–water partition coefficient (Wildman–Crippen LogP) is 3.18. The van der Waals surface area contributed by atoms with Gasteiger partial charge in [-0.3, -0.25) is 0 Å². The lowest BCUT2D eigenvalue weighted by atomic mass is 9.68. The van der Waals surface area contributed by atoms with Crippen LogP contribution in [-0.4, -0.2) is 41.0 Å². The van der Waals surface area contributed by atoms with Gasteiger partial charge in [-0.2, -0.15) is 0 Å².